The minimum atomic E-state index is -4.79. The fraction of sp³-hybridized carbons (Fsp3) is 1.00. The second-order valence-electron chi connectivity index (χ2n) is 4.91. The monoisotopic (exact) mass is 348 g/mol. The number of alkyl halides is 5. The molecule has 22 heavy (non-hydrogen) atoms. The van der Waals surface area contributed by atoms with Crippen LogP contribution in [-0.4, -0.2) is 50.1 Å². The van der Waals surface area contributed by atoms with Gasteiger partial charge in [-0.2, -0.15) is 8.42 Å². The van der Waals surface area contributed by atoms with Crippen LogP contribution >= 0.6 is 0 Å². The number of hydrogen-bond donors (Lipinski definition) is 1. The first kappa shape index (κ1) is 24.4. The van der Waals surface area contributed by atoms with Gasteiger partial charge in [0.05, 0.1) is 6.67 Å². The second kappa shape index (κ2) is 12.6. The predicted octanol–water partition coefficient (Wildman–Crippen LogP) is 0.653. The van der Waals surface area contributed by atoms with Crippen molar-refractivity contribution in [2.75, 3.05) is 12.4 Å². The molecule has 10 heteroatoms. The molecule has 0 spiro atoms. The van der Waals surface area contributed by atoms with Crippen molar-refractivity contribution in [2.45, 2.75) is 63.2 Å². The van der Waals surface area contributed by atoms with E-state index in [4.69, 9.17) is 4.55 Å². The topological polar surface area (TPSA) is 54.4 Å². The Morgan fingerprint density at radius 1 is 0.864 bits per heavy atom. The van der Waals surface area contributed by atoms with E-state index in [1.54, 1.807) is 0 Å². The maximum atomic E-state index is 13.4. The van der Waals surface area contributed by atoms with Crippen molar-refractivity contribution < 1.29 is 55.2 Å². The van der Waals surface area contributed by atoms with Crippen LogP contribution in [0.2, 0.25) is 0 Å². The van der Waals surface area contributed by atoms with Gasteiger partial charge in [-0.3, -0.25) is 8.94 Å². The van der Waals surface area contributed by atoms with Gasteiger partial charge in [-0.15, -0.1) is 0 Å². The molecule has 0 aromatic heterocycles. The van der Waals surface area contributed by atoms with Crippen LogP contribution in [-0.2, 0) is 10.1 Å². The molecule has 0 bridgehead atoms. The molecule has 0 radical (unpaired) electrons. The van der Waals surface area contributed by atoms with Crippen molar-refractivity contribution in [2.24, 2.45) is 0 Å². The molecular weight excluding hydrogens is 326 g/mol. The summed E-state index contributed by atoms with van der Waals surface area (Å²) in [6.07, 6.45) is -8.70. The van der Waals surface area contributed by atoms with Gasteiger partial charge in [-0.25, -0.2) is 17.6 Å². The van der Waals surface area contributed by atoms with Crippen molar-refractivity contribution in [3.8, 4) is 0 Å². The normalized spacial score (nSPS) is 17.4. The van der Waals surface area contributed by atoms with Crippen molar-refractivity contribution in [3.63, 3.8) is 0 Å². The molecular formula is C12H22F5LiO3S. The largest absolute Gasteiger partial charge is 1.00 e. The summed E-state index contributed by atoms with van der Waals surface area (Å²) in [6.45, 7) is -0.437. The maximum absolute atomic E-state index is 13.4. The minimum Gasteiger partial charge on any atom is -1.00 e. The van der Waals surface area contributed by atoms with Crippen LogP contribution in [0, 0.1) is 0 Å². The van der Waals surface area contributed by atoms with E-state index in [9.17, 15) is 30.4 Å². The third-order valence-electron chi connectivity index (χ3n) is 2.98. The standard InChI is InChI=1S/C12H21F5O3S.Li.H/c13-7-5-3-1-2-4-6-9(14)11(16)12(17)10(15)8-21(18,19)20;;/h9-12H,1-8H2,(H,18,19,20);;/q;+1;-1. The smallest absolute Gasteiger partial charge is 1.00 e. The van der Waals surface area contributed by atoms with Crippen LogP contribution < -0.4 is 18.9 Å². The first-order valence-electron chi connectivity index (χ1n) is 6.76. The van der Waals surface area contributed by atoms with E-state index in [1.807, 2.05) is 0 Å². The summed E-state index contributed by atoms with van der Waals surface area (Å²) in [7, 11) is -4.79. The Morgan fingerprint density at radius 2 is 1.32 bits per heavy atom. The van der Waals surface area contributed by atoms with Gasteiger partial charge in [0.25, 0.3) is 10.1 Å². The fourth-order valence-corrected chi connectivity index (χ4v) is 2.40. The maximum Gasteiger partial charge on any atom is 1.00 e. The first-order valence-corrected chi connectivity index (χ1v) is 8.37. The number of hydrogen-bond acceptors (Lipinski definition) is 2. The molecule has 0 rings (SSSR count). The van der Waals surface area contributed by atoms with Gasteiger partial charge in [0.1, 0.15) is 11.9 Å². The third-order valence-corrected chi connectivity index (χ3v) is 3.72. The Hall–Kier alpha value is 0.157. The summed E-state index contributed by atoms with van der Waals surface area (Å²) in [6, 6.07) is 0. The average Bonchev–Trinajstić information content (AvgIpc) is 2.38. The summed E-state index contributed by atoms with van der Waals surface area (Å²) >= 11 is 0. The average molecular weight is 348 g/mol. The van der Waals surface area contributed by atoms with Crippen LogP contribution in [0.5, 0.6) is 0 Å². The summed E-state index contributed by atoms with van der Waals surface area (Å²) in [5, 5.41) is 0. The Bertz CT molecular complexity index is 378. The zero-order valence-corrected chi connectivity index (χ0v) is 13.3. The first-order chi connectivity index (χ1) is 9.69. The molecule has 0 aromatic rings. The van der Waals surface area contributed by atoms with E-state index in [-0.39, 0.29) is 33.1 Å². The molecule has 0 aliphatic carbocycles. The van der Waals surface area contributed by atoms with Crippen molar-refractivity contribution in [1.29, 1.82) is 0 Å². The number of unbranched alkanes of at least 4 members (excludes halogenated alkanes) is 4. The van der Waals surface area contributed by atoms with Crippen molar-refractivity contribution >= 4 is 10.1 Å². The van der Waals surface area contributed by atoms with Crippen LogP contribution in [0.4, 0.5) is 22.0 Å². The van der Waals surface area contributed by atoms with Crippen LogP contribution in [0.15, 0.2) is 0 Å². The number of halogens is 5. The molecule has 0 amide bonds. The molecule has 0 heterocycles. The zero-order chi connectivity index (χ0) is 16.5. The molecule has 3 nitrogen and oxygen atoms in total. The summed E-state index contributed by atoms with van der Waals surface area (Å²) in [5.74, 6) is -1.61. The molecule has 0 saturated carbocycles. The van der Waals surface area contributed by atoms with Crippen LogP contribution in [0.3, 0.4) is 0 Å². The zero-order valence-electron chi connectivity index (χ0n) is 13.5. The van der Waals surface area contributed by atoms with E-state index in [2.05, 4.69) is 0 Å². The van der Waals surface area contributed by atoms with Gasteiger partial charge in [-0.1, -0.05) is 25.7 Å². The summed E-state index contributed by atoms with van der Waals surface area (Å²) in [4.78, 5) is 0. The Labute approximate surface area is 141 Å². The van der Waals surface area contributed by atoms with E-state index in [0.717, 1.165) is 0 Å². The van der Waals surface area contributed by atoms with Gasteiger partial charge in [0.2, 0.25) is 0 Å². The minimum absolute atomic E-state index is 0. The predicted molar refractivity (Wildman–Crippen MR) is 70.8 cm³/mol. The Morgan fingerprint density at radius 3 is 1.82 bits per heavy atom. The Balaban J connectivity index is -0.00000200. The SMILES string of the molecule is O=S(=O)(O)CC(F)C(F)C(F)C(F)CCCCCCCF.[H-].[Li+]. The molecule has 1 N–H and O–H groups in total. The van der Waals surface area contributed by atoms with Gasteiger partial charge in [0.15, 0.2) is 18.5 Å². The molecule has 0 aromatic carbocycles. The van der Waals surface area contributed by atoms with Gasteiger partial charge >= 0.3 is 18.9 Å². The fourth-order valence-electron chi connectivity index (χ4n) is 1.82. The van der Waals surface area contributed by atoms with Gasteiger partial charge < -0.3 is 1.43 Å². The van der Waals surface area contributed by atoms with Gasteiger partial charge in [-0.05, 0) is 12.8 Å². The van der Waals surface area contributed by atoms with E-state index >= 15 is 0 Å². The molecule has 130 valence electrons. The van der Waals surface area contributed by atoms with Crippen molar-refractivity contribution in [3.05, 3.63) is 0 Å². The molecule has 4 atom stereocenters. The molecule has 0 fully saturated rings. The quantitative estimate of drug-likeness (QED) is 0.244. The molecule has 4 unspecified atom stereocenters. The van der Waals surface area contributed by atoms with E-state index in [1.165, 1.54) is 0 Å². The van der Waals surface area contributed by atoms with Crippen LogP contribution in [0.1, 0.15) is 40.0 Å². The molecule has 0 saturated heterocycles. The summed E-state index contributed by atoms with van der Waals surface area (Å²) < 4.78 is 93.8. The van der Waals surface area contributed by atoms with E-state index in [0.29, 0.717) is 25.7 Å². The molecule has 0 aliphatic rings. The summed E-state index contributed by atoms with van der Waals surface area (Å²) in [5.41, 5.74) is 0. The molecule has 0 aliphatic heterocycles. The number of rotatable bonds is 12. The van der Waals surface area contributed by atoms with Crippen LogP contribution in [0.25, 0.3) is 0 Å². The Kier molecular flexibility index (Phi) is 13.9. The third kappa shape index (κ3) is 11.7. The second-order valence-corrected chi connectivity index (χ2v) is 6.41. The van der Waals surface area contributed by atoms with E-state index < -0.39 is 47.2 Å². The van der Waals surface area contributed by atoms with Crippen molar-refractivity contribution in [1.82, 2.24) is 0 Å². The van der Waals surface area contributed by atoms with Gasteiger partial charge in [0, 0.05) is 0 Å².